The van der Waals surface area contributed by atoms with Crippen LogP contribution in [0.4, 0.5) is 0 Å². The molecule has 0 fully saturated rings. The van der Waals surface area contributed by atoms with Crippen molar-refractivity contribution in [2.45, 2.75) is 52.6 Å². The van der Waals surface area contributed by atoms with Crippen LogP contribution in [0.15, 0.2) is 10.7 Å². The molecule has 5 heteroatoms. The van der Waals surface area contributed by atoms with E-state index in [1.807, 2.05) is 6.20 Å². The molecule has 0 saturated carbocycles. The van der Waals surface area contributed by atoms with Crippen LogP contribution in [-0.2, 0) is 11.3 Å². The van der Waals surface area contributed by atoms with Gasteiger partial charge in [0.2, 0.25) is 0 Å². The number of nitrogens with zero attached hydrogens (tertiary/aromatic N) is 2. The van der Waals surface area contributed by atoms with Crippen molar-refractivity contribution in [3.8, 4) is 0 Å². The Morgan fingerprint density at radius 1 is 1.35 bits per heavy atom. The molecule has 0 saturated heterocycles. The van der Waals surface area contributed by atoms with Gasteiger partial charge in [0.15, 0.2) is 0 Å². The summed E-state index contributed by atoms with van der Waals surface area (Å²) >= 11 is 3.66. The van der Waals surface area contributed by atoms with E-state index in [4.69, 9.17) is 4.74 Å². The highest BCUT2D eigenvalue weighted by atomic mass is 79.9. The van der Waals surface area contributed by atoms with Crippen LogP contribution in [0.1, 0.15) is 51.8 Å². The third-order valence-electron chi connectivity index (χ3n) is 3.77. The maximum absolute atomic E-state index is 5.19. The molecule has 0 aromatic carbocycles. The Morgan fingerprint density at radius 2 is 2.05 bits per heavy atom. The fraction of sp³-hybridized carbons (Fsp3) is 0.800. The number of ether oxygens (including phenoxy) is 1. The lowest BCUT2D eigenvalue weighted by Gasteiger charge is -2.28. The monoisotopic (exact) mass is 345 g/mol. The first kappa shape index (κ1) is 17.7. The van der Waals surface area contributed by atoms with Crippen molar-refractivity contribution in [3.05, 3.63) is 16.4 Å². The summed E-state index contributed by atoms with van der Waals surface area (Å²) in [5.41, 5.74) is 1.25. The van der Waals surface area contributed by atoms with E-state index in [1.165, 1.54) is 18.5 Å². The summed E-state index contributed by atoms with van der Waals surface area (Å²) in [5, 5.41) is 8.18. The fourth-order valence-corrected chi connectivity index (χ4v) is 3.13. The van der Waals surface area contributed by atoms with Crippen LogP contribution in [0.25, 0.3) is 0 Å². The van der Waals surface area contributed by atoms with Gasteiger partial charge in [0.1, 0.15) is 0 Å². The predicted octanol–water partition coefficient (Wildman–Crippen LogP) is 3.77. The van der Waals surface area contributed by atoms with Gasteiger partial charge in [0, 0.05) is 7.11 Å². The number of methoxy groups -OCH3 is 1. The molecule has 1 heterocycles. The molecule has 4 nitrogen and oxygen atoms in total. The molecule has 1 aromatic rings. The summed E-state index contributed by atoms with van der Waals surface area (Å²) in [6.45, 7) is 9.24. The Labute approximate surface area is 131 Å². The average molecular weight is 346 g/mol. The number of hydrogen-bond acceptors (Lipinski definition) is 3. The molecular formula is C15H28BrN3O. The molecule has 0 bridgehead atoms. The summed E-state index contributed by atoms with van der Waals surface area (Å²) in [4.78, 5) is 0. The van der Waals surface area contributed by atoms with Crippen LogP contribution in [0.3, 0.4) is 0 Å². The topological polar surface area (TPSA) is 39.1 Å². The van der Waals surface area contributed by atoms with Crippen LogP contribution >= 0.6 is 15.9 Å². The Bertz CT molecular complexity index is 377. The van der Waals surface area contributed by atoms with Crippen molar-refractivity contribution in [2.75, 3.05) is 20.3 Å². The Kier molecular flexibility index (Phi) is 8.41. The normalized spacial score (nSPS) is 13.1. The van der Waals surface area contributed by atoms with Gasteiger partial charge >= 0.3 is 0 Å². The number of halogens is 1. The third kappa shape index (κ3) is 4.57. The second kappa shape index (κ2) is 9.53. The van der Waals surface area contributed by atoms with E-state index in [2.05, 4.69) is 51.8 Å². The first-order valence-electron chi connectivity index (χ1n) is 7.62. The standard InChI is InChI=1S/C15H28BrN3O/c1-5-8-17-14(12(6-2)7-3)15-13(16)11-18-19(15)9-10-20-4/h11-12,14,17H,5-10H2,1-4H3. The highest BCUT2D eigenvalue weighted by Crippen LogP contribution is 2.32. The Hall–Kier alpha value is -0.390. The number of nitrogens with one attached hydrogen (secondary N) is 1. The molecule has 0 amide bonds. The van der Waals surface area contributed by atoms with Crippen LogP contribution in [0.5, 0.6) is 0 Å². The molecule has 0 aliphatic rings. The van der Waals surface area contributed by atoms with Crippen molar-refractivity contribution >= 4 is 15.9 Å². The molecule has 1 atom stereocenters. The summed E-state index contributed by atoms with van der Waals surface area (Å²) in [5.74, 6) is 0.621. The zero-order chi connectivity index (χ0) is 15.0. The van der Waals surface area contributed by atoms with Gasteiger partial charge in [0.25, 0.3) is 0 Å². The number of aromatic nitrogens is 2. The third-order valence-corrected chi connectivity index (χ3v) is 4.38. The Morgan fingerprint density at radius 3 is 2.60 bits per heavy atom. The molecule has 1 unspecified atom stereocenters. The van der Waals surface area contributed by atoms with E-state index < -0.39 is 0 Å². The average Bonchev–Trinajstić information content (AvgIpc) is 2.82. The molecule has 1 N–H and O–H groups in total. The second-order valence-electron chi connectivity index (χ2n) is 5.10. The zero-order valence-electron chi connectivity index (χ0n) is 13.2. The largest absolute Gasteiger partial charge is 0.383 e. The van der Waals surface area contributed by atoms with Crippen LogP contribution in [0, 0.1) is 5.92 Å². The van der Waals surface area contributed by atoms with Gasteiger partial charge in [-0.2, -0.15) is 5.10 Å². The lowest BCUT2D eigenvalue weighted by atomic mass is 9.91. The van der Waals surface area contributed by atoms with Gasteiger partial charge in [-0.1, -0.05) is 33.6 Å². The van der Waals surface area contributed by atoms with Gasteiger partial charge in [0.05, 0.1) is 35.6 Å². The maximum Gasteiger partial charge on any atom is 0.0699 e. The minimum atomic E-state index is 0.346. The van der Waals surface area contributed by atoms with Gasteiger partial charge in [-0.05, 0) is 34.8 Å². The molecule has 116 valence electrons. The van der Waals surface area contributed by atoms with Crippen molar-refractivity contribution < 1.29 is 4.74 Å². The molecule has 1 rings (SSSR count). The summed E-state index contributed by atoms with van der Waals surface area (Å²) in [6.07, 6.45) is 5.37. The second-order valence-corrected chi connectivity index (χ2v) is 5.96. The smallest absolute Gasteiger partial charge is 0.0699 e. The predicted molar refractivity (Wildman–Crippen MR) is 86.9 cm³/mol. The molecule has 1 aromatic heterocycles. The van der Waals surface area contributed by atoms with Crippen molar-refractivity contribution in [1.82, 2.24) is 15.1 Å². The minimum Gasteiger partial charge on any atom is -0.383 e. The minimum absolute atomic E-state index is 0.346. The fourth-order valence-electron chi connectivity index (χ4n) is 2.58. The van der Waals surface area contributed by atoms with Crippen molar-refractivity contribution in [3.63, 3.8) is 0 Å². The van der Waals surface area contributed by atoms with E-state index in [0.29, 0.717) is 18.6 Å². The summed E-state index contributed by atoms with van der Waals surface area (Å²) in [6, 6.07) is 0.346. The highest BCUT2D eigenvalue weighted by molar-refractivity contribution is 9.10. The molecular weight excluding hydrogens is 318 g/mol. The maximum atomic E-state index is 5.19. The van der Waals surface area contributed by atoms with Crippen molar-refractivity contribution in [1.29, 1.82) is 0 Å². The molecule has 20 heavy (non-hydrogen) atoms. The van der Waals surface area contributed by atoms with Gasteiger partial charge in [-0.25, -0.2) is 0 Å². The zero-order valence-corrected chi connectivity index (χ0v) is 14.7. The van der Waals surface area contributed by atoms with E-state index in [1.54, 1.807) is 7.11 Å². The van der Waals surface area contributed by atoms with E-state index in [9.17, 15) is 0 Å². The highest BCUT2D eigenvalue weighted by Gasteiger charge is 2.25. The van der Waals surface area contributed by atoms with Crippen LogP contribution < -0.4 is 5.32 Å². The number of hydrogen-bond donors (Lipinski definition) is 1. The lowest BCUT2D eigenvalue weighted by molar-refractivity contribution is 0.180. The van der Waals surface area contributed by atoms with E-state index in [0.717, 1.165) is 24.0 Å². The van der Waals surface area contributed by atoms with Crippen LogP contribution in [0.2, 0.25) is 0 Å². The first-order valence-corrected chi connectivity index (χ1v) is 8.42. The Balaban J connectivity index is 3.01. The van der Waals surface area contributed by atoms with E-state index >= 15 is 0 Å². The lowest BCUT2D eigenvalue weighted by Crippen LogP contribution is -2.31. The van der Waals surface area contributed by atoms with Gasteiger partial charge in [-0.3, -0.25) is 4.68 Å². The molecule has 0 spiro atoms. The van der Waals surface area contributed by atoms with Gasteiger partial charge < -0.3 is 10.1 Å². The van der Waals surface area contributed by atoms with Crippen molar-refractivity contribution in [2.24, 2.45) is 5.92 Å². The van der Waals surface area contributed by atoms with E-state index in [-0.39, 0.29) is 0 Å². The summed E-state index contributed by atoms with van der Waals surface area (Å²) in [7, 11) is 1.73. The SMILES string of the molecule is CCCNC(c1c(Br)cnn1CCOC)C(CC)CC. The summed E-state index contributed by atoms with van der Waals surface area (Å²) < 4.78 is 8.35. The first-order chi connectivity index (χ1) is 9.69. The number of rotatable bonds is 10. The van der Waals surface area contributed by atoms with Gasteiger partial charge in [-0.15, -0.1) is 0 Å². The van der Waals surface area contributed by atoms with Crippen LogP contribution in [-0.4, -0.2) is 30.0 Å². The molecule has 0 aliphatic heterocycles. The molecule has 0 aliphatic carbocycles. The molecule has 0 radical (unpaired) electrons. The quantitative estimate of drug-likeness (QED) is 0.701.